The number of hydrogen-bond donors (Lipinski definition) is 3. The van der Waals surface area contributed by atoms with Gasteiger partial charge in [0.25, 0.3) is 0 Å². The summed E-state index contributed by atoms with van der Waals surface area (Å²) in [6.45, 7) is 2.92. The van der Waals surface area contributed by atoms with Crippen LogP contribution < -0.4 is 16.4 Å². The fraction of sp³-hybridized carbons (Fsp3) is 0.636. The summed E-state index contributed by atoms with van der Waals surface area (Å²) in [6, 6.07) is 1.85. The molecule has 2 heterocycles. The number of nitrogens with one attached hydrogen (secondary N) is 2. The van der Waals surface area contributed by atoms with Crippen molar-refractivity contribution < 1.29 is 4.74 Å². The third-order valence-corrected chi connectivity index (χ3v) is 2.62. The SMILES string of the molecule is NCCNc1nccc(NC[C@@H]2CCCO2)n1. The second kappa shape index (κ2) is 6.36. The lowest BCUT2D eigenvalue weighted by molar-refractivity contribution is 0.120. The molecule has 1 aliphatic heterocycles. The van der Waals surface area contributed by atoms with Crippen LogP contribution in [0.5, 0.6) is 0 Å². The zero-order chi connectivity index (χ0) is 11.9. The van der Waals surface area contributed by atoms with Crippen LogP contribution in [-0.2, 0) is 4.74 Å². The Hall–Kier alpha value is -1.40. The molecule has 1 saturated heterocycles. The Morgan fingerprint density at radius 3 is 3.18 bits per heavy atom. The predicted molar refractivity (Wildman–Crippen MR) is 67.0 cm³/mol. The van der Waals surface area contributed by atoms with Crippen LogP contribution in [0.3, 0.4) is 0 Å². The molecule has 1 fully saturated rings. The van der Waals surface area contributed by atoms with Crippen LogP contribution in [0, 0.1) is 0 Å². The number of hydrogen-bond acceptors (Lipinski definition) is 6. The van der Waals surface area contributed by atoms with Crippen molar-refractivity contribution in [3.8, 4) is 0 Å². The number of ether oxygens (including phenoxy) is 1. The van der Waals surface area contributed by atoms with Crippen molar-refractivity contribution in [1.29, 1.82) is 0 Å². The molecule has 0 aromatic carbocycles. The Labute approximate surface area is 101 Å². The first-order valence-electron chi connectivity index (χ1n) is 6.01. The van der Waals surface area contributed by atoms with Gasteiger partial charge in [0.05, 0.1) is 6.10 Å². The van der Waals surface area contributed by atoms with Crippen molar-refractivity contribution in [3.63, 3.8) is 0 Å². The lowest BCUT2D eigenvalue weighted by atomic mass is 10.2. The summed E-state index contributed by atoms with van der Waals surface area (Å²) >= 11 is 0. The highest BCUT2D eigenvalue weighted by Crippen LogP contribution is 2.13. The highest BCUT2D eigenvalue weighted by molar-refractivity contribution is 5.39. The molecule has 6 heteroatoms. The zero-order valence-electron chi connectivity index (χ0n) is 9.85. The van der Waals surface area contributed by atoms with Gasteiger partial charge in [-0.1, -0.05) is 0 Å². The summed E-state index contributed by atoms with van der Waals surface area (Å²) in [5.74, 6) is 1.42. The number of anilines is 2. The van der Waals surface area contributed by atoms with Crippen LogP contribution in [-0.4, -0.2) is 42.3 Å². The maximum Gasteiger partial charge on any atom is 0.224 e. The maximum absolute atomic E-state index is 5.53. The highest BCUT2D eigenvalue weighted by Gasteiger charge is 2.14. The van der Waals surface area contributed by atoms with Gasteiger partial charge in [-0.15, -0.1) is 0 Å². The third kappa shape index (κ3) is 3.83. The lowest BCUT2D eigenvalue weighted by Crippen LogP contribution is -2.19. The van der Waals surface area contributed by atoms with E-state index >= 15 is 0 Å². The van der Waals surface area contributed by atoms with Crippen molar-refractivity contribution in [1.82, 2.24) is 9.97 Å². The summed E-state index contributed by atoms with van der Waals surface area (Å²) in [5, 5.41) is 6.30. The normalized spacial score (nSPS) is 19.2. The number of nitrogens with zero attached hydrogens (tertiary/aromatic N) is 2. The van der Waals surface area contributed by atoms with Gasteiger partial charge in [0.1, 0.15) is 5.82 Å². The Balaban J connectivity index is 1.82. The van der Waals surface area contributed by atoms with Gasteiger partial charge in [0.15, 0.2) is 0 Å². The van der Waals surface area contributed by atoms with Crippen LogP contribution >= 0.6 is 0 Å². The van der Waals surface area contributed by atoms with Crippen LogP contribution in [0.15, 0.2) is 12.3 Å². The molecule has 0 bridgehead atoms. The topological polar surface area (TPSA) is 85.1 Å². The quantitative estimate of drug-likeness (QED) is 0.665. The first kappa shape index (κ1) is 12.1. The van der Waals surface area contributed by atoms with E-state index in [9.17, 15) is 0 Å². The molecule has 1 aromatic rings. The molecule has 2 rings (SSSR count). The molecular weight excluding hydrogens is 218 g/mol. The molecule has 0 amide bonds. The molecule has 0 saturated carbocycles. The molecule has 4 N–H and O–H groups in total. The van der Waals surface area contributed by atoms with E-state index in [1.165, 1.54) is 0 Å². The Morgan fingerprint density at radius 2 is 2.41 bits per heavy atom. The van der Waals surface area contributed by atoms with E-state index in [-0.39, 0.29) is 0 Å². The summed E-state index contributed by atoms with van der Waals surface area (Å²) in [6.07, 6.45) is 4.31. The van der Waals surface area contributed by atoms with Crippen molar-refractivity contribution in [3.05, 3.63) is 12.3 Å². The average Bonchev–Trinajstić information content (AvgIpc) is 2.87. The first-order chi connectivity index (χ1) is 8.38. The molecule has 0 spiro atoms. The molecule has 0 unspecified atom stereocenters. The van der Waals surface area contributed by atoms with E-state index < -0.39 is 0 Å². The molecule has 1 atom stereocenters. The van der Waals surface area contributed by atoms with Gasteiger partial charge in [-0.3, -0.25) is 0 Å². The van der Waals surface area contributed by atoms with Crippen LogP contribution in [0.25, 0.3) is 0 Å². The van der Waals surface area contributed by atoms with Crippen LogP contribution in [0.2, 0.25) is 0 Å². The smallest absolute Gasteiger partial charge is 0.224 e. The lowest BCUT2D eigenvalue weighted by Gasteiger charge is -2.11. The summed E-state index contributed by atoms with van der Waals surface area (Å²) in [5.41, 5.74) is 5.41. The van der Waals surface area contributed by atoms with Crippen molar-refractivity contribution in [2.75, 3.05) is 36.9 Å². The van der Waals surface area contributed by atoms with Crippen molar-refractivity contribution in [2.45, 2.75) is 18.9 Å². The molecule has 94 valence electrons. The largest absolute Gasteiger partial charge is 0.376 e. The monoisotopic (exact) mass is 237 g/mol. The van der Waals surface area contributed by atoms with Crippen LogP contribution in [0.1, 0.15) is 12.8 Å². The van der Waals surface area contributed by atoms with Gasteiger partial charge in [0, 0.05) is 32.4 Å². The Kier molecular flexibility index (Phi) is 4.52. The Bertz CT molecular complexity index is 340. The molecule has 1 aromatic heterocycles. The summed E-state index contributed by atoms with van der Waals surface area (Å²) < 4.78 is 5.53. The predicted octanol–water partition coefficient (Wildman–Crippen LogP) is 0.438. The minimum atomic E-state index is 0.311. The summed E-state index contributed by atoms with van der Waals surface area (Å²) in [4.78, 5) is 8.43. The second-order valence-corrected chi connectivity index (χ2v) is 4.00. The number of rotatable bonds is 6. The molecule has 1 aliphatic rings. The minimum absolute atomic E-state index is 0.311. The fourth-order valence-corrected chi connectivity index (χ4v) is 1.75. The third-order valence-electron chi connectivity index (χ3n) is 2.62. The van der Waals surface area contributed by atoms with Gasteiger partial charge >= 0.3 is 0 Å². The fourth-order valence-electron chi connectivity index (χ4n) is 1.75. The standard InChI is InChI=1S/C11H19N5O/c12-4-6-14-11-13-5-3-10(16-11)15-8-9-2-1-7-17-9/h3,5,9H,1-2,4,6-8,12H2,(H2,13,14,15,16)/t9-/m0/s1. The van der Waals surface area contributed by atoms with E-state index in [1.54, 1.807) is 6.20 Å². The van der Waals surface area contributed by atoms with Gasteiger partial charge in [-0.25, -0.2) is 4.98 Å². The Morgan fingerprint density at radius 1 is 1.47 bits per heavy atom. The average molecular weight is 237 g/mol. The highest BCUT2D eigenvalue weighted by atomic mass is 16.5. The van der Waals surface area contributed by atoms with E-state index in [0.29, 0.717) is 25.1 Å². The van der Waals surface area contributed by atoms with E-state index in [2.05, 4.69) is 20.6 Å². The molecule has 0 aliphatic carbocycles. The van der Waals surface area contributed by atoms with E-state index in [4.69, 9.17) is 10.5 Å². The van der Waals surface area contributed by atoms with Crippen molar-refractivity contribution in [2.24, 2.45) is 5.73 Å². The zero-order valence-corrected chi connectivity index (χ0v) is 9.85. The van der Waals surface area contributed by atoms with Crippen LogP contribution in [0.4, 0.5) is 11.8 Å². The number of nitrogens with two attached hydrogens (primary N) is 1. The molecule has 0 radical (unpaired) electrons. The maximum atomic E-state index is 5.53. The van der Waals surface area contributed by atoms with Crippen molar-refractivity contribution >= 4 is 11.8 Å². The van der Waals surface area contributed by atoms with Gasteiger partial charge < -0.3 is 21.1 Å². The first-order valence-corrected chi connectivity index (χ1v) is 6.01. The molecule has 6 nitrogen and oxygen atoms in total. The summed E-state index contributed by atoms with van der Waals surface area (Å²) in [7, 11) is 0. The number of aromatic nitrogens is 2. The van der Waals surface area contributed by atoms with E-state index in [0.717, 1.165) is 31.8 Å². The minimum Gasteiger partial charge on any atom is -0.376 e. The van der Waals surface area contributed by atoms with Gasteiger partial charge in [0.2, 0.25) is 5.95 Å². The van der Waals surface area contributed by atoms with Gasteiger partial charge in [-0.05, 0) is 18.9 Å². The van der Waals surface area contributed by atoms with Gasteiger partial charge in [-0.2, -0.15) is 4.98 Å². The second-order valence-electron chi connectivity index (χ2n) is 4.00. The molecular formula is C11H19N5O. The van der Waals surface area contributed by atoms with E-state index in [1.807, 2.05) is 6.07 Å². The molecule has 17 heavy (non-hydrogen) atoms.